The van der Waals surface area contributed by atoms with E-state index in [9.17, 15) is 18.0 Å². The zero-order valence-corrected chi connectivity index (χ0v) is 12.7. The van der Waals surface area contributed by atoms with E-state index in [1.807, 2.05) is 0 Å². The van der Waals surface area contributed by atoms with Crippen molar-refractivity contribution >= 4 is 21.9 Å². The van der Waals surface area contributed by atoms with Gasteiger partial charge in [-0.3, -0.25) is 9.59 Å². The van der Waals surface area contributed by atoms with Crippen LogP contribution in [0, 0.1) is 11.3 Å². The molecule has 112 valence electrons. The number of carboxylic acid groups (broad SMARTS) is 1. The van der Waals surface area contributed by atoms with Crippen LogP contribution < -0.4 is 5.32 Å². The first kappa shape index (κ1) is 17.8. The van der Waals surface area contributed by atoms with Crippen molar-refractivity contribution in [2.24, 2.45) is 11.3 Å². The zero-order chi connectivity index (χ0) is 15.4. The number of hydrogen-bond acceptors (Lipinski definition) is 4. The number of aliphatic carboxylic acids is 1. The maximum Gasteiger partial charge on any atom is 0.316 e. The van der Waals surface area contributed by atoms with Crippen LogP contribution in [0.25, 0.3) is 0 Å². The van der Waals surface area contributed by atoms with Gasteiger partial charge in [-0.15, -0.1) is 0 Å². The van der Waals surface area contributed by atoms with Gasteiger partial charge in [0.25, 0.3) is 0 Å². The van der Waals surface area contributed by atoms with Gasteiger partial charge in [-0.05, 0) is 5.41 Å². The molecule has 0 spiro atoms. The Balaban J connectivity index is 4.59. The fourth-order valence-electron chi connectivity index (χ4n) is 1.46. The molecule has 2 N–H and O–H groups in total. The van der Waals surface area contributed by atoms with Crippen molar-refractivity contribution in [3.8, 4) is 0 Å². The minimum absolute atomic E-state index is 0.112. The summed E-state index contributed by atoms with van der Waals surface area (Å²) in [6, 6.07) is 0. The molecule has 0 aromatic carbocycles. The Morgan fingerprint density at radius 1 is 1.26 bits per heavy atom. The van der Waals surface area contributed by atoms with Crippen LogP contribution in [-0.4, -0.2) is 56.1 Å². The summed E-state index contributed by atoms with van der Waals surface area (Å²) in [6.07, 6.45) is 0. The van der Waals surface area contributed by atoms with Crippen molar-refractivity contribution in [1.29, 1.82) is 0 Å². The summed E-state index contributed by atoms with van der Waals surface area (Å²) in [5.41, 5.74) is -0.740. The number of hydrogen-bond donors (Lipinski definition) is 2. The highest BCUT2D eigenvalue weighted by Crippen LogP contribution is 2.26. The van der Waals surface area contributed by atoms with Gasteiger partial charge in [0.1, 0.15) is 5.92 Å². The molecule has 1 unspecified atom stereocenters. The van der Waals surface area contributed by atoms with Crippen LogP contribution in [0.3, 0.4) is 0 Å². The molecule has 0 fully saturated rings. The molecule has 0 aliphatic heterocycles. The molecular formula is C11H22N2O5S. The van der Waals surface area contributed by atoms with Gasteiger partial charge in [0, 0.05) is 20.6 Å². The van der Waals surface area contributed by atoms with Gasteiger partial charge in [0.15, 0.2) is 0 Å². The van der Waals surface area contributed by atoms with Gasteiger partial charge in [0.2, 0.25) is 15.9 Å². The molecule has 0 heterocycles. The SMILES string of the molecule is CN(C)S(=O)(=O)CCNC(=O)C(C(=O)O)C(C)(C)C. The third-order valence-electron chi connectivity index (χ3n) is 2.59. The van der Waals surface area contributed by atoms with E-state index in [0.29, 0.717) is 0 Å². The molecule has 0 aromatic rings. The molecule has 0 aliphatic rings. The molecule has 0 saturated carbocycles. The number of carboxylic acids is 1. The van der Waals surface area contributed by atoms with Gasteiger partial charge in [0.05, 0.1) is 5.75 Å². The van der Waals surface area contributed by atoms with Gasteiger partial charge in [-0.1, -0.05) is 20.8 Å². The minimum Gasteiger partial charge on any atom is -0.481 e. The highest BCUT2D eigenvalue weighted by molar-refractivity contribution is 7.89. The van der Waals surface area contributed by atoms with Crippen molar-refractivity contribution in [2.45, 2.75) is 20.8 Å². The molecule has 0 radical (unpaired) electrons. The monoisotopic (exact) mass is 294 g/mol. The molecule has 0 bridgehead atoms. The van der Waals surface area contributed by atoms with Gasteiger partial charge in [-0.2, -0.15) is 0 Å². The predicted molar refractivity (Wildman–Crippen MR) is 71.1 cm³/mol. The van der Waals surface area contributed by atoms with E-state index in [0.717, 1.165) is 4.31 Å². The van der Waals surface area contributed by atoms with Crippen LogP contribution in [0.15, 0.2) is 0 Å². The maximum absolute atomic E-state index is 11.8. The first-order valence-electron chi connectivity index (χ1n) is 5.80. The van der Waals surface area contributed by atoms with E-state index in [1.165, 1.54) is 14.1 Å². The van der Waals surface area contributed by atoms with Crippen molar-refractivity contribution in [3.05, 3.63) is 0 Å². The number of rotatable bonds is 6. The topological polar surface area (TPSA) is 104 Å². The van der Waals surface area contributed by atoms with E-state index in [1.54, 1.807) is 20.8 Å². The molecule has 1 atom stereocenters. The lowest BCUT2D eigenvalue weighted by molar-refractivity contribution is -0.151. The molecule has 7 nitrogen and oxygen atoms in total. The van der Waals surface area contributed by atoms with E-state index in [-0.39, 0.29) is 12.3 Å². The molecule has 0 aromatic heterocycles. The Bertz CT molecular complexity index is 436. The average molecular weight is 294 g/mol. The van der Waals surface area contributed by atoms with Crippen LogP contribution in [0.4, 0.5) is 0 Å². The Labute approximate surface area is 114 Å². The second-order valence-corrected chi connectivity index (χ2v) is 7.83. The predicted octanol–water partition coefficient (Wildman–Crippen LogP) is -0.259. The van der Waals surface area contributed by atoms with Crippen molar-refractivity contribution in [3.63, 3.8) is 0 Å². The second kappa shape index (κ2) is 6.33. The normalized spacial score (nSPS) is 14.2. The first-order chi connectivity index (χ1) is 8.39. The van der Waals surface area contributed by atoms with Gasteiger partial charge >= 0.3 is 5.97 Å². The Morgan fingerprint density at radius 3 is 2.05 bits per heavy atom. The molecule has 0 rings (SSSR count). The quantitative estimate of drug-likeness (QED) is 0.657. The standard InChI is InChI=1S/C11H22N2O5S/c1-11(2,3)8(10(15)16)9(14)12-6-7-19(17,18)13(4)5/h8H,6-7H2,1-5H3,(H,12,14)(H,15,16). The van der Waals surface area contributed by atoms with Crippen molar-refractivity contribution in [1.82, 2.24) is 9.62 Å². The molecular weight excluding hydrogens is 272 g/mol. The van der Waals surface area contributed by atoms with Crippen LogP contribution in [0.5, 0.6) is 0 Å². The maximum atomic E-state index is 11.8. The number of carbonyl (C=O) groups is 2. The second-order valence-electron chi connectivity index (χ2n) is 5.53. The largest absolute Gasteiger partial charge is 0.481 e. The summed E-state index contributed by atoms with van der Waals surface area (Å²) in [5, 5.41) is 11.4. The third kappa shape index (κ3) is 5.56. The number of carbonyl (C=O) groups excluding carboxylic acids is 1. The molecule has 19 heavy (non-hydrogen) atoms. The number of sulfonamides is 1. The molecule has 0 aliphatic carbocycles. The average Bonchev–Trinajstić information content (AvgIpc) is 2.13. The van der Waals surface area contributed by atoms with E-state index < -0.39 is 33.2 Å². The molecule has 0 saturated heterocycles. The first-order valence-corrected chi connectivity index (χ1v) is 7.41. The van der Waals surface area contributed by atoms with E-state index in [2.05, 4.69) is 5.32 Å². The fraction of sp³-hybridized carbons (Fsp3) is 0.818. The van der Waals surface area contributed by atoms with Crippen molar-refractivity contribution in [2.75, 3.05) is 26.4 Å². The molecule has 1 amide bonds. The lowest BCUT2D eigenvalue weighted by atomic mass is 9.80. The van der Waals surface area contributed by atoms with Gasteiger partial charge in [-0.25, -0.2) is 12.7 Å². The Hall–Kier alpha value is -1.15. The zero-order valence-electron chi connectivity index (χ0n) is 11.9. The summed E-state index contributed by atoms with van der Waals surface area (Å²) >= 11 is 0. The molecule has 8 heteroatoms. The lowest BCUT2D eigenvalue weighted by Crippen LogP contribution is -2.44. The van der Waals surface area contributed by atoms with Crippen LogP contribution >= 0.6 is 0 Å². The van der Waals surface area contributed by atoms with Crippen LogP contribution in [0.2, 0.25) is 0 Å². The highest BCUT2D eigenvalue weighted by Gasteiger charge is 2.37. The van der Waals surface area contributed by atoms with Gasteiger partial charge < -0.3 is 10.4 Å². The fourth-order valence-corrected chi connectivity index (χ4v) is 2.19. The smallest absolute Gasteiger partial charge is 0.316 e. The lowest BCUT2D eigenvalue weighted by Gasteiger charge is -2.26. The van der Waals surface area contributed by atoms with Crippen molar-refractivity contribution < 1.29 is 23.1 Å². The van der Waals surface area contributed by atoms with Crippen LogP contribution in [-0.2, 0) is 19.6 Å². The number of amides is 1. The van der Waals surface area contributed by atoms with Crippen LogP contribution in [0.1, 0.15) is 20.8 Å². The highest BCUT2D eigenvalue weighted by atomic mass is 32.2. The summed E-state index contributed by atoms with van der Waals surface area (Å²) < 4.78 is 24.0. The van der Waals surface area contributed by atoms with E-state index in [4.69, 9.17) is 5.11 Å². The number of nitrogens with one attached hydrogen (secondary N) is 1. The van der Waals surface area contributed by atoms with E-state index >= 15 is 0 Å². The third-order valence-corrected chi connectivity index (χ3v) is 4.42. The Kier molecular flexibility index (Phi) is 5.95. The Morgan fingerprint density at radius 2 is 1.74 bits per heavy atom. The summed E-state index contributed by atoms with van der Waals surface area (Å²) in [6.45, 7) is 4.81. The summed E-state index contributed by atoms with van der Waals surface area (Å²) in [4.78, 5) is 22.9. The minimum atomic E-state index is -3.40. The summed E-state index contributed by atoms with van der Waals surface area (Å²) in [5.74, 6) is -3.37. The number of nitrogens with zero attached hydrogens (tertiary/aromatic N) is 1. The summed E-state index contributed by atoms with van der Waals surface area (Å²) in [7, 11) is -0.614.